The van der Waals surface area contributed by atoms with Crippen molar-refractivity contribution in [3.63, 3.8) is 0 Å². The lowest BCUT2D eigenvalue weighted by Crippen LogP contribution is -2.42. The molecule has 0 spiro atoms. The Morgan fingerprint density at radius 1 is 1.05 bits per heavy atom. The summed E-state index contributed by atoms with van der Waals surface area (Å²) in [5.74, 6) is 0.993. The smallest absolute Gasteiger partial charge is 0.0236 e. The first-order valence-electron chi connectivity index (χ1n) is 8.45. The van der Waals surface area contributed by atoms with Gasteiger partial charge in [-0.3, -0.25) is 4.90 Å². The summed E-state index contributed by atoms with van der Waals surface area (Å²) in [6, 6.07) is 11.4. The third-order valence-corrected chi connectivity index (χ3v) is 5.06. The van der Waals surface area contributed by atoms with Gasteiger partial charge in [0.2, 0.25) is 0 Å². The van der Waals surface area contributed by atoms with Crippen LogP contribution in [0.25, 0.3) is 0 Å². The Hall–Kier alpha value is -0.470. The molecular weight excluding hydrogens is 274 g/mol. The summed E-state index contributed by atoms with van der Waals surface area (Å²) in [6.45, 7) is 11.4. The lowest BCUT2D eigenvalue weighted by Gasteiger charge is -2.39. The van der Waals surface area contributed by atoms with Crippen LogP contribution in [0.3, 0.4) is 0 Å². The zero-order valence-corrected chi connectivity index (χ0v) is 15.2. The fourth-order valence-corrected chi connectivity index (χ4v) is 3.64. The summed E-state index contributed by atoms with van der Waals surface area (Å²) in [7, 11) is 0. The van der Waals surface area contributed by atoms with Gasteiger partial charge < -0.3 is 0 Å². The van der Waals surface area contributed by atoms with Crippen molar-refractivity contribution in [2.45, 2.75) is 66.0 Å². The highest BCUT2D eigenvalue weighted by atomic mass is 32.1. The van der Waals surface area contributed by atoms with E-state index in [1.165, 1.54) is 31.2 Å². The molecule has 0 saturated heterocycles. The van der Waals surface area contributed by atoms with Crippen LogP contribution in [-0.4, -0.2) is 23.2 Å². The molecule has 0 fully saturated rings. The minimum atomic E-state index is 0.367. The molecule has 1 aromatic rings. The van der Waals surface area contributed by atoms with Crippen LogP contribution in [-0.2, 0) is 6.54 Å². The normalized spacial score (nSPS) is 12.3. The molecule has 21 heavy (non-hydrogen) atoms. The second-order valence-electron chi connectivity index (χ2n) is 6.64. The monoisotopic (exact) mass is 307 g/mol. The molecule has 0 aliphatic heterocycles. The summed E-state index contributed by atoms with van der Waals surface area (Å²) in [4.78, 5) is 2.62. The van der Waals surface area contributed by atoms with Gasteiger partial charge in [0.05, 0.1) is 0 Å². The molecule has 2 heteroatoms. The van der Waals surface area contributed by atoms with Gasteiger partial charge in [-0.05, 0) is 43.4 Å². The van der Waals surface area contributed by atoms with Gasteiger partial charge in [-0.2, -0.15) is 12.6 Å². The molecule has 0 atom stereocenters. The third kappa shape index (κ3) is 6.04. The summed E-state index contributed by atoms with van der Waals surface area (Å²) < 4.78 is 0. The lowest BCUT2D eigenvalue weighted by molar-refractivity contribution is 0.113. The molecule has 0 N–H and O–H groups in total. The molecule has 0 heterocycles. The highest BCUT2D eigenvalue weighted by Gasteiger charge is 2.30. The molecule has 0 bridgehead atoms. The van der Waals surface area contributed by atoms with Crippen molar-refractivity contribution in [2.24, 2.45) is 5.41 Å². The van der Waals surface area contributed by atoms with E-state index in [0.29, 0.717) is 11.5 Å². The van der Waals surface area contributed by atoms with Gasteiger partial charge in [-0.15, -0.1) is 0 Å². The first kappa shape index (κ1) is 18.6. The molecule has 120 valence electrons. The molecule has 1 nitrogen and oxygen atoms in total. The van der Waals surface area contributed by atoms with E-state index in [0.717, 1.165) is 18.8 Å². The van der Waals surface area contributed by atoms with E-state index < -0.39 is 0 Å². The maximum Gasteiger partial charge on any atom is 0.0236 e. The van der Waals surface area contributed by atoms with Crippen molar-refractivity contribution in [1.29, 1.82) is 0 Å². The number of hydrogen-bond acceptors (Lipinski definition) is 2. The molecule has 0 aliphatic carbocycles. The Kier molecular flexibility index (Phi) is 8.43. The molecule has 1 aromatic carbocycles. The minimum absolute atomic E-state index is 0.367. The van der Waals surface area contributed by atoms with Crippen LogP contribution < -0.4 is 0 Å². The highest BCUT2D eigenvalue weighted by Crippen LogP contribution is 2.33. The molecule has 0 aromatic heterocycles. The van der Waals surface area contributed by atoms with E-state index in [2.05, 4.69) is 62.9 Å². The zero-order valence-electron chi connectivity index (χ0n) is 14.3. The average Bonchev–Trinajstić information content (AvgIpc) is 2.48. The van der Waals surface area contributed by atoms with Crippen molar-refractivity contribution in [3.8, 4) is 0 Å². The first-order valence-corrected chi connectivity index (χ1v) is 9.09. The van der Waals surface area contributed by atoms with Crippen molar-refractivity contribution >= 4 is 12.6 Å². The number of thiol groups is 1. The van der Waals surface area contributed by atoms with E-state index in [-0.39, 0.29) is 0 Å². The van der Waals surface area contributed by atoms with Gasteiger partial charge in [0, 0.05) is 19.1 Å². The average molecular weight is 308 g/mol. The lowest BCUT2D eigenvalue weighted by atomic mass is 9.80. The van der Waals surface area contributed by atoms with Crippen LogP contribution in [0.1, 0.15) is 58.9 Å². The fraction of sp³-hybridized carbons (Fsp3) is 0.684. The van der Waals surface area contributed by atoms with Crippen LogP contribution >= 0.6 is 12.6 Å². The number of benzene rings is 1. The van der Waals surface area contributed by atoms with Gasteiger partial charge in [0.1, 0.15) is 0 Å². The van der Waals surface area contributed by atoms with Crippen molar-refractivity contribution < 1.29 is 0 Å². The topological polar surface area (TPSA) is 3.24 Å². The zero-order chi connectivity index (χ0) is 15.7. The highest BCUT2D eigenvalue weighted by molar-refractivity contribution is 7.80. The largest absolute Gasteiger partial charge is 0.296 e. The molecule has 0 aliphatic rings. The Balaban J connectivity index is 2.83. The number of rotatable bonds is 10. The number of hydrogen-bond donors (Lipinski definition) is 1. The van der Waals surface area contributed by atoms with Gasteiger partial charge >= 0.3 is 0 Å². The molecule has 1 rings (SSSR count). The van der Waals surface area contributed by atoms with Crippen LogP contribution in [0.5, 0.6) is 0 Å². The second-order valence-corrected chi connectivity index (χ2v) is 6.96. The van der Waals surface area contributed by atoms with E-state index in [1.54, 1.807) is 0 Å². The van der Waals surface area contributed by atoms with Crippen LogP contribution in [0, 0.1) is 5.41 Å². The van der Waals surface area contributed by atoms with Gasteiger partial charge in [-0.25, -0.2) is 0 Å². The van der Waals surface area contributed by atoms with Crippen LogP contribution in [0.2, 0.25) is 0 Å². The van der Waals surface area contributed by atoms with Crippen LogP contribution in [0.4, 0.5) is 0 Å². The standard InChI is InChI=1S/C19H33NS/c1-5-12-19(16-21,13-6-2)15-20(17(3)4)14-18-10-8-7-9-11-18/h7-11,17,21H,5-6,12-16H2,1-4H3. The quantitative estimate of drug-likeness (QED) is 0.565. The van der Waals surface area contributed by atoms with E-state index >= 15 is 0 Å². The van der Waals surface area contributed by atoms with Gasteiger partial charge in [0.15, 0.2) is 0 Å². The molecule has 0 radical (unpaired) electrons. The van der Waals surface area contributed by atoms with Crippen LogP contribution in [0.15, 0.2) is 30.3 Å². The maximum atomic E-state index is 4.71. The molecular formula is C19H33NS. The first-order chi connectivity index (χ1) is 10.1. The minimum Gasteiger partial charge on any atom is -0.296 e. The van der Waals surface area contributed by atoms with Crippen molar-refractivity contribution in [3.05, 3.63) is 35.9 Å². The Morgan fingerprint density at radius 3 is 2.05 bits per heavy atom. The third-order valence-electron chi connectivity index (χ3n) is 4.39. The predicted octanol–water partition coefficient (Wildman–Crippen LogP) is 5.41. The molecule has 0 saturated carbocycles. The summed E-state index contributed by atoms with van der Waals surface area (Å²) in [5.41, 5.74) is 1.78. The SMILES string of the molecule is CCCC(CS)(CCC)CN(Cc1ccccc1)C(C)C. The van der Waals surface area contributed by atoms with Gasteiger partial charge in [-0.1, -0.05) is 57.0 Å². The maximum absolute atomic E-state index is 4.71. The summed E-state index contributed by atoms with van der Waals surface area (Å²) in [5, 5.41) is 0. The molecule has 0 amide bonds. The molecule has 0 unspecified atom stereocenters. The van der Waals surface area contributed by atoms with E-state index in [1.807, 2.05) is 0 Å². The fourth-order valence-electron chi connectivity index (χ4n) is 3.22. The predicted molar refractivity (Wildman–Crippen MR) is 98.1 cm³/mol. The Labute approximate surface area is 137 Å². The van der Waals surface area contributed by atoms with Crippen molar-refractivity contribution in [1.82, 2.24) is 4.90 Å². The second kappa shape index (κ2) is 9.53. The Bertz CT molecular complexity index is 368. The van der Waals surface area contributed by atoms with Gasteiger partial charge in [0.25, 0.3) is 0 Å². The van der Waals surface area contributed by atoms with E-state index in [9.17, 15) is 0 Å². The Morgan fingerprint density at radius 2 is 1.62 bits per heavy atom. The number of nitrogens with zero attached hydrogens (tertiary/aromatic N) is 1. The summed E-state index contributed by atoms with van der Waals surface area (Å²) >= 11 is 4.71. The summed E-state index contributed by atoms with van der Waals surface area (Å²) in [6.07, 6.45) is 5.06. The van der Waals surface area contributed by atoms with Crippen molar-refractivity contribution in [2.75, 3.05) is 12.3 Å². The van der Waals surface area contributed by atoms with E-state index in [4.69, 9.17) is 12.6 Å².